The van der Waals surface area contributed by atoms with Gasteiger partial charge in [0.1, 0.15) is 11.6 Å². The highest BCUT2D eigenvalue weighted by molar-refractivity contribution is 5.95. The van der Waals surface area contributed by atoms with Crippen molar-refractivity contribution in [3.63, 3.8) is 0 Å². The zero-order valence-corrected chi connectivity index (χ0v) is 23.2. The van der Waals surface area contributed by atoms with Gasteiger partial charge in [-0.05, 0) is 55.8 Å². The van der Waals surface area contributed by atoms with Gasteiger partial charge in [-0.3, -0.25) is 14.4 Å². The number of fused-ring (bicyclic) bond motifs is 4. The van der Waals surface area contributed by atoms with Gasteiger partial charge in [0.25, 0.3) is 0 Å². The fourth-order valence-corrected chi connectivity index (χ4v) is 11.1. The summed E-state index contributed by atoms with van der Waals surface area (Å²) in [6.45, 7) is 14.7. The van der Waals surface area contributed by atoms with E-state index < -0.39 is 44.6 Å². The molecule has 200 valence electrons. The second-order valence-electron chi connectivity index (χ2n) is 14.9. The third kappa shape index (κ3) is 2.42. The maximum Gasteiger partial charge on any atom is 0.311 e. The van der Waals surface area contributed by atoms with Crippen molar-refractivity contribution in [1.82, 2.24) is 0 Å². The molecular weight excluding hydrogens is 456 g/mol. The summed E-state index contributed by atoms with van der Waals surface area (Å²) in [7, 11) is 0. The summed E-state index contributed by atoms with van der Waals surface area (Å²) < 4.78 is 12.8. The number of carbonyl (C=O) groups is 3. The molecule has 6 heteroatoms. The minimum absolute atomic E-state index is 0.00201. The number of Topliss-reactive ketones (excluding diaryl/α,β-unsaturated/α-hetero) is 2. The Morgan fingerprint density at radius 3 is 2.22 bits per heavy atom. The van der Waals surface area contributed by atoms with E-state index in [0.717, 1.165) is 12.8 Å². The van der Waals surface area contributed by atoms with Crippen molar-refractivity contribution < 1.29 is 29.0 Å². The number of rotatable bonds is 0. The van der Waals surface area contributed by atoms with Gasteiger partial charge in [0.2, 0.25) is 5.79 Å². The molecule has 0 amide bonds. The number of ketones is 2. The Bertz CT molecular complexity index is 1070. The number of carbonyl (C=O) groups excluding carboxylic acids is 3. The molecule has 3 spiro atoms. The van der Waals surface area contributed by atoms with Gasteiger partial charge < -0.3 is 14.6 Å². The van der Waals surface area contributed by atoms with Crippen LogP contribution in [0.2, 0.25) is 0 Å². The molecule has 2 heterocycles. The maximum absolute atomic E-state index is 15.0. The van der Waals surface area contributed by atoms with E-state index in [9.17, 15) is 19.5 Å². The average Bonchev–Trinajstić information content (AvgIpc) is 3.40. The molecule has 0 aromatic rings. The number of aliphatic hydroxyl groups excluding tert-OH is 1. The molecule has 4 aliphatic carbocycles. The molecule has 0 unspecified atom stereocenters. The van der Waals surface area contributed by atoms with Crippen molar-refractivity contribution in [2.75, 3.05) is 0 Å². The summed E-state index contributed by atoms with van der Waals surface area (Å²) in [6.07, 6.45) is 5.06. The van der Waals surface area contributed by atoms with Crippen molar-refractivity contribution in [2.45, 2.75) is 124 Å². The highest BCUT2D eigenvalue weighted by Crippen LogP contribution is 2.78. The molecule has 2 aliphatic heterocycles. The topological polar surface area (TPSA) is 89.9 Å². The van der Waals surface area contributed by atoms with Gasteiger partial charge in [0.15, 0.2) is 0 Å². The van der Waals surface area contributed by atoms with Crippen LogP contribution >= 0.6 is 0 Å². The average molecular weight is 501 g/mol. The Morgan fingerprint density at radius 1 is 0.889 bits per heavy atom. The van der Waals surface area contributed by atoms with E-state index in [1.54, 1.807) is 0 Å². The lowest BCUT2D eigenvalue weighted by Crippen LogP contribution is -2.66. The van der Waals surface area contributed by atoms with Crippen LogP contribution in [0.1, 0.15) is 106 Å². The van der Waals surface area contributed by atoms with Crippen LogP contribution < -0.4 is 0 Å². The van der Waals surface area contributed by atoms with Crippen LogP contribution in [0.25, 0.3) is 0 Å². The van der Waals surface area contributed by atoms with Crippen molar-refractivity contribution >= 4 is 17.5 Å². The summed E-state index contributed by atoms with van der Waals surface area (Å²) in [5, 5.41) is 11.7. The SMILES string of the molecule is C[C@@H]1C[C@]2(C[C@@H](C)[C@@]3(CC[C@@]4(C)C(=O)[C@@]5(CC[C@@]43C)[C@@H](O)C[C@H]3C(C)(C)C(=O)CC[C@@]35C)O2)OC1=O. The van der Waals surface area contributed by atoms with Crippen LogP contribution in [-0.4, -0.2) is 40.1 Å². The van der Waals surface area contributed by atoms with E-state index in [1.165, 1.54) is 0 Å². The number of hydrogen-bond acceptors (Lipinski definition) is 6. The standard InChI is InChI=1S/C30H44O6/c1-17-15-28(35-22(17)33)16-18(2)30(36-28)13-10-26(6)23(34)29(12-11-27(26,30)7)21(32)14-19-24(3,4)20(31)8-9-25(19,29)5/h17-19,21,32H,8-16H2,1-7H3/t17-,18-,19+,21+,25+,26+,27+,28+,29-,30-/m1/s1. The molecule has 6 aliphatic rings. The fourth-order valence-electron chi connectivity index (χ4n) is 11.1. The molecule has 4 saturated carbocycles. The molecule has 0 aromatic carbocycles. The van der Waals surface area contributed by atoms with Crippen LogP contribution in [0.4, 0.5) is 0 Å². The predicted molar refractivity (Wildman–Crippen MR) is 133 cm³/mol. The Kier molecular flexibility index (Phi) is 4.75. The quantitative estimate of drug-likeness (QED) is 0.471. The zero-order chi connectivity index (χ0) is 26.3. The van der Waals surface area contributed by atoms with Gasteiger partial charge in [0.05, 0.1) is 23.0 Å². The minimum atomic E-state index is -0.875. The van der Waals surface area contributed by atoms with Crippen molar-refractivity contribution in [3.8, 4) is 0 Å². The first kappa shape index (κ1) is 25.0. The molecule has 0 aromatic heterocycles. The largest absolute Gasteiger partial charge is 0.433 e. The van der Waals surface area contributed by atoms with E-state index in [2.05, 4.69) is 27.7 Å². The maximum atomic E-state index is 15.0. The summed E-state index contributed by atoms with van der Waals surface area (Å²) in [5.41, 5.74) is -3.37. The normalized spacial score (nSPS) is 57.6. The van der Waals surface area contributed by atoms with Crippen molar-refractivity contribution in [3.05, 3.63) is 0 Å². The Hall–Kier alpha value is -1.27. The van der Waals surface area contributed by atoms with Gasteiger partial charge >= 0.3 is 5.97 Å². The zero-order valence-electron chi connectivity index (χ0n) is 23.2. The van der Waals surface area contributed by atoms with Gasteiger partial charge in [-0.2, -0.15) is 0 Å². The summed E-state index contributed by atoms with van der Waals surface area (Å²) in [4.78, 5) is 40.3. The van der Waals surface area contributed by atoms with Crippen LogP contribution in [0.15, 0.2) is 0 Å². The third-order valence-corrected chi connectivity index (χ3v) is 13.4. The lowest BCUT2D eigenvalue weighted by atomic mass is 9.41. The van der Waals surface area contributed by atoms with Crippen molar-refractivity contribution in [1.29, 1.82) is 0 Å². The minimum Gasteiger partial charge on any atom is -0.433 e. The first-order valence-corrected chi connectivity index (χ1v) is 14.2. The number of aliphatic hydroxyl groups is 1. The lowest BCUT2D eigenvalue weighted by Gasteiger charge is -2.62. The molecule has 10 atom stereocenters. The van der Waals surface area contributed by atoms with Gasteiger partial charge in [-0.1, -0.05) is 48.5 Å². The van der Waals surface area contributed by atoms with Crippen LogP contribution in [0.3, 0.4) is 0 Å². The fraction of sp³-hybridized carbons (Fsp3) is 0.900. The molecule has 1 N–H and O–H groups in total. The van der Waals surface area contributed by atoms with Crippen LogP contribution in [0.5, 0.6) is 0 Å². The van der Waals surface area contributed by atoms with Crippen molar-refractivity contribution in [2.24, 2.45) is 44.8 Å². The molecular formula is C30H44O6. The highest BCUT2D eigenvalue weighted by Gasteiger charge is 2.81. The second kappa shape index (κ2) is 6.83. The third-order valence-electron chi connectivity index (χ3n) is 13.4. The van der Waals surface area contributed by atoms with E-state index in [4.69, 9.17) is 9.47 Å². The van der Waals surface area contributed by atoms with Crippen LogP contribution in [0, 0.1) is 44.8 Å². The summed E-state index contributed by atoms with van der Waals surface area (Å²) >= 11 is 0. The number of ether oxygens (including phenoxy) is 2. The first-order chi connectivity index (χ1) is 16.6. The molecule has 6 nitrogen and oxygen atoms in total. The van der Waals surface area contributed by atoms with E-state index in [0.29, 0.717) is 44.9 Å². The molecule has 0 bridgehead atoms. The summed E-state index contributed by atoms with van der Waals surface area (Å²) in [6, 6.07) is 0. The molecule has 36 heavy (non-hydrogen) atoms. The molecule has 6 rings (SSSR count). The lowest BCUT2D eigenvalue weighted by molar-refractivity contribution is -0.261. The van der Waals surface area contributed by atoms with E-state index >= 15 is 0 Å². The number of esters is 1. The molecule has 2 saturated heterocycles. The molecule has 0 radical (unpaired) electrons. The highest BCUT2D eigenvalue weighted by atomic mass is 16.7. The van der Waals surface area contributed by atoms with Gasteiger partial charge in [0, 0.05) is 35.5 Å². The smallest absolute Gasteiger partial charge is 0.311 e. The Morgan fingerprint density at radius 2 is 1.58 bits per heavy atom. The Balaban J connectivity index is 1.41. The van der Waals surface area contributed by atoms with E-state index in [1.807, 2.05) is 20.8 Å². The van der Waals surface area contributed by atoms with E-state index in [-0.39, 0.29) is 35.3 Å². The van der Waals surface area contributed by atoms with Crippen LogP contribution in [-0.2, 0) is 23.9 Å². The Labute approximate surface area is 215 Å². The predicted octanol–water partition coefficient (Wildman–Crippen LogP) is 4.99. The second-order valence-corrected chi connectivity index (χ2v) is 14.9. The van der Waals surface area contributed by atoms with Gasteiger partial charge in [-0.25, -0.2) is 0 Å². The first-order valence-electron chi connectivity index (χ1n) is 14.2. The molecule has 6 fully saturated rings. The summed E-state index contributed by atoms with van der Waals surface area (Å²) in [5.74, 6) is -0.632. The number of hydrogen-bond donors (Lipinski definition) is 1. The monoisotopic (exact) mass is 500 g/mol. The van der Waals surface area contributed by atoms with Gasteiger partial charge in [-0.15, -0.1) is 0 Å².